The third-order valence-electron chi connectivity index (χ3n) is 4.25. The van der Waals surface area contributed by atoms with E-state index in [-0.39, 0.29) is 5.91 Å². The average Bonchev–Trinajstić information content (AvgIpc) is 3.31. The molecular formula is C19H18N4O2S2. The maximum atomic E-state index is 12.9. The molecule has 6 nitrogen and oxygen atoms in total. The quantitative estimate of drug-likeness (QED) is 0.544. The van der Waals surface area contributed by atoms with Gasteiger partial charge in [0, 0.05) is 26.4 Å². The number of nitrogens with one attached hydrogen (secondary N) is 1. The Labute approximate surface area is 164 Å². The van der Waals surface area contributed by atoms with E-state index in [1.165, 1.54) is 16.2 Å². The van der Waals surface area contributed by atoms with Crippen LogP contribution in [-0.4, -0.2) is 21.0 Å². The van der Waals surface area contributed by atoms with Gasteiger partial charge in [-0.15, -0.1) is 22.7 Å². The number of hydrogen-bond acceptors (Lipinski definition) is 7. The molecule has 0 spiro atoms. The monoisotopic (exact) mass is 398 g/mol. The second kappa shape index (κ2) is 6.86. The van der Waals surface area contributed by atoms with Crippen molar-refractivity contribution in [2.24, 2.45) is 0 Å². The van der Waals surface area contributed by atoms with Gasteiger partial charge in [-0.3, -0.25) is 4.79 Å². The number of carbonyl (C=O) groups excluding carboxylic acids is 1. The number of thiophene rings is 1. The van der Waals surface area contributed by atoms with Crippen molar-refractivity contribution in [3.05, 3.63) is 49.2 Å². The van der Waals surface area contributed by atoms with Crippen LogP contribution in [0.3, 0.4) is 0 Å². The molecule has 0 aliphatic carbocycles. The molecule has 27 heavy (non-hydrogen) atoms. The molecule has 4 aromatic rings. The summed E-state index contributed by atoms with van der Waals surface area (Å²) in [7, 11) is 0. The minimum Gasteiger partial charge on any atom is -0.345 e. The van der Waals surface area contributed by atoms with Crippen LogP contribution in [0, 0.1) is 27.7 Å². The lowest BCUT2D eigenvalue weighted by Gasteiger charge is -2.07. The molecule has 0 aliphatic heterocycles. The Kier molecular flexibility index (Phi) is 4.53. The van der Waals surface area contributed by atoms with Crippen molar-refractivity contribution in [2.75, 3.05) is 0 Å². The highest BCUT2D eigenvalue weighted by Crippen LogP contribution is 2.32. The van der Waals surface area contributed by atoms with Gasteiger partial charge in [0.25, 0.3) is 11.6 Å². The van der Waals surface area contributed by atoms with E-state index in [0.717, 1.165) is 26.8 Å². The number of rotatable bonds is 4. The van der Waals surface area contributed by atoms with Crippen molar-refractivity contribution in [2.45, 2.75) is 34.2 Å². The second-order valence-electron chi connectivity index (χ2n) is 6.40. The van der Waals surface area contributed by atoms with E-state index in [1.807, 2.05) is 25.3 Å². The predicted octanol–water partition coefficient (Wildman–Crippen LogP) is 4.57. The summed E-state index contributed by atoms with van der Waals surface area (Å²) in [5, 5.41) is 10.4. The summed E-state index contributed by atoms with van der Waals surface area (Å²) in [6, 6.07) is 3.90. The molecule has 0 radical (unpaired) electrons. The molecule has 0 saturated heterocycles. The fraction of sp³-hybridized carbons (Fsp3) is 0.263. The predicted molar refractivity (Wildman–Crippen MR) is 107 cm³/mol. The number of amides is 1. The van der Waals surface area contributed by atoms with Crippen molar-refractivity contribution in [1.82, 2.24) is 20.4 Å². The Morgan fingerprint density at radius 3 is 2.67 bits per heavy atom. The standard InChI is InChI=1S/C19H18N4O2S2/c1-9-8-26-16(21-9)7-20-18(24)14-6-15(13-5-10(2)27-12(13)4)22-19-17(14)11(3)23-25-19/h5-6,8H,7H2,1-4H3,(H,20,24). The molecule has 4 aromatic heterocycles. The number of hydrogen-bond donors (Lipinski definition) is 1. The smallest absolute Gasteiger partial charge is 0.259 e. The first-order valence-electron chi connectivity index (χ1n) is 8.46. The lowest BCUT2D eigenvalue weighted by atomic mass is 10.1. The Bertz CT molecular complexity index is 1160. The van der Waals surface area contributed by atoms with Gasteiger partial charge in [0.15, 0.2) is 0 Å². The number of fused-ring (bicyclic) bond motifs is 1. The van der Waals surface area contributed by atoms with Crippen molar-refractivity contribution in [3.63, 3.8) is 0 Å². The van der Waals surface area contributed by atoms with Crippen molar-refractivity contribution < 1.29 is 9.32 Å². The second-order valence-corrected chi connectivity index (χ2v) is 8.80. The lowest BCUT2D eigenvalue weighted by Crippen LogP contribution is -2.23. The summed E-state index contributed by atoms with van der Waals surface area (Å²) < 4.78 is 5.37. The molecule has 4 rings (SSSR count). The lowest BCUT2D eigenvalue weighted by molar-refractivity contribution is 0.0952. The van der Waals surface area contributed by atoms with E-state index in [2.05, 4.69) is 40.4 Å². The first-order valence-corrected chi connectivity index (χ1v) is 10.2. The Balaban J connectivity index is 1.74. The zero-order chi connectivity index (χ0) is 19.1. The van der Waals surface area contributed by atoms with Gasteiger partial charge in [-0.2, -0.15) is 0 Å². The molecule has 0 aliphatic rings. The third kappa shape index (κ3) is 3.38. The van der Waals surface area contributed by atoms with Gasteiger partial charge < -0.3 is 9.84 Å². The maximum Gasteiger partial charge on any atom is 0.259 e. The van der Waals surface area contributed by atoms with Crippen molar-refractivity contribution in [1.29, 1.82) is 0 Å². The van der Waals surface area contributed by atoms with Crippen LogP contribution in [-0.2, 0) is 6.54 Å². The van der Waals surface area contributed by atoms with Gasteiger partial charge in [-0.25, -0.2) is 9.97 Å². The summed E-state index contributed by atoms with van der Waals surface area (Å²) in [5.74, 6) is -0.188. The van der Waals surface area contributed by atoms with Crippen LogP contribution in [0.5, 0.6) is 0 Å². The minimum atomic E-state index is -0.188. The summed E-state index contributed by atoms with van der Waals surface area (Å²) in [4.78, 5) is 24.3. The Morgan fingerprint density at radius 2 is 2.00 bits per heavy atom. The average molecular weight is 399 g/mol. The summed E-state index contributed by atoms with van der Waals surface area (Å²) in [6.45, 7) is 8.24. The van der Waals surface area contributed by atoms with E-state index >= 15 is 0 Å². The van der Waals surface area contributed by atoms with Crippen molar-refractivity contribution >= 4 is 39.7 Å². The van der Waals surface area contributed by atoms with Crippen LogP contribution in [0.15, 0.2) is 22.0 Å². The number of thiazole rings is 1. The normalized spacial score (nSPS) is 11.3. The molecule has 138 valence electrons. The number of pyridine rings is 1. The molecule has 1 N–H and O–H groups in total. The minimum absolute atomic E-state index is 0.188. The van der Waals surface area contributed by atoms with E-state index in [1.54, 1.807) is 11.3 Å². The summed E-state index contributed by atoms with van der Waals surface area (Å²) in [5.41, 5.74) is 4.23. The Hall–Kier alpha value is -2.58. The van der Waals surface area contributed by atoms with E-state index in [9.17, 15) is 4.79 Å². The number of aryl methyl sites for hydroxylation is 4. The van der Waals surface area contributed by atoms with E-state index in [4.69, 9.17) is 4.52 Å². The van der Waals surface area contributed by atoms with Crippen LogP contribution in [0.2, 0.25) is 0 Å². The van der Waals surface area contributed by atoms with Crippen LogP contribution in [0.4, 0.5) is 0 Å². The topological polar surface area (TPSA) is 80.9 Å². The molecule has 0 unspecified atom stereocenters. The van der Waals surface area contributed by atoms with Gasteiger partial charge in [-0.05, 0) is 39.8 Å². The van der Waals surface area contributed by atoms with Crippen LogP contribution < -0.4 is 5.32 Å². The molecule has 8 heteroatoms. The zero-order valence-electron chi connectivity index (χ0n) is 15.4. The zero-order valence-corrected chi connectivity index (χ0v) is 17.0. The molecule has 0 fully saturated rings. The van der Waals surface area contributed by atoms with Crippen LogP contribution in [0.1, 0.15) is 36.5 Å². The largest absolute Gasteiger partial charge is 0.345 e. The molecule has 0 bridgehead atoms. The highest BCUT2D eigenvalue weighted by atomic mass is 32.1. The first kappa shape index (κ1) is 17.8. The fourth-order valence-corrected chi connectivity index (χ4v) is 4.68. The van der Waals surface area contributed by atoms with Crippen LogP contribution in [0.25, 0.3) is 22.4 Å². The molecular weight excluding hydrogens is 380 g/mol. The first-order chi connectivity index (χ1) is 12.9. The number of carbonyl (C=O) groups is 1. The highest BCUT2D eigenvalue weighted by molar-refractivity contribution is 7.12. The van der Waals surface area contributed by atoms with Gasteiger partial charge in [0.1, 0.15) is 5.01 Å². The van der Waals surface area contributed by atoms with E-state index in [0.29, 0.717) is 28.9 Å². The summed E-state index contributed by atoms with van der Waals surface area (Å²) in [6.07, 6.45) is 0. The molecule has 0 atom stereocenters. The van der Waals surface area contributed by atoms with E-state index < -0.39 is 0 Å². The number of aromatic nitrogens is 3. The molecule has 0 saturated carbocycles. The third-order valence-corrected chi connectivity index (χ3v) is 6.18. The van der Waals surface area contributed by atoms with Crippen molar-refractivity contribution in [3.8, 4) is 11.3 Å². The number of nitrogens with zero attached hydrogens (tertiary/aromatic N) is 3. The maximum absolute atomic E-state index is 12.9. The molecule has 1 amide bonds. The van der Waals surface area contributed by atoms with Crippen LogP contribution >= 0.6 is 22.7 Å². The molecule has 4 heterocycles. The summed E-state index contributed by atoms with van der Waals surface area (Å²) >= 11 is 3.24. The highest BCUT2D eigenvalue weighted by Gasteiger charge is 2.20. The Morgan fingerprint density at radius 1 is 1.19 bits per heavy atom. The molecule has 0 aromatic carbocycles. The van der Waals surface area contributed by atoms with Gasteiger partial charge in [0.05, 0.1) is 28.9 Å². The fourth-order valence-electron chi connectivity index (χ4n) is 3.03. The van der Waals surface area contributed by atoms with Gasteiger partial charge in [0.2, 0.25) is 0 Å². The van der Waals surface area contributed by atoms with Gasteiger partial charge >= 0.3 is 0 Å². The van der Waals surface area contributed by atoms with Gasteiger partial charge in [-0.1, -0.05) is 5.16 Å². The SMILES string of the molecule is Cc1csc(CNC(=O)c2cc(-c3cc(C)sc3C)nc3onc(C)c23)n1.